The lowest BCUT2D eigenvalue weighted by atomic mass is 10.1. The summed E-state index contributed by atoms with van der Waals surface area (Å²) in [6.45, 7) is 0. The van der Waals surface area contributed by atoms with Gasteiger partial charge < -0.3 is 0 Å². The van der Waals surface area contributed by atoms with Gasteiger partial charge in [0.1, 0.15) is 5.52 Å². The zero-order valence-electron chi connectivity index (χ0n) is 9.24. The Balaban J connectivity index is 2.71. The molecule has 3 rings (SSSR count). The molecule has 88 valence electrons. The molecule has 0 unspecified atom stereocenters. The first-order chi connectivity index (χ1) is 8.70. The van der Waals surface area contributed by atoms with Gasteiger partial charge in [0, 0.05) is 5.39 Å². The molecule has 0 saturated carbocycles. The number of aromatic nitrogens is 1. The van der Waals surface area contributed by atoms with Crippen LogP contribution in [-0.4, -0.2) is 9.71 Å². The third-order valence-electron chi connectivity index (χ3n) is 2.94. The maximum Gasteiger partial charge on any atom is 0.320 e. The molecule has 0 spiro atoms. The Kier molecular flexibility index (Phi) is 2.13. The molecule has 18 heavy (non-hydrogen) atoms. The van der Waals surface area contributed by atoms with E-state index in [9.17, 15) is 14.9 Å². The van der Waals surface area contributed by atoms with Gasteiger partial charge in [-0.15, -0.1) is 0 Å². The van der Waals surface area contributed by atoms with Gasteiger partial charge >= 0.3 is 5.56 Å². The van der Waals surface area contributed by atoms with Crippen LogP contribution in [0.3, 0.4) is 0 Å². The van der Waals surface area contributed by atoms with E-state index in [0.29, 0.717) is 21.0 Å². The molecular formula is C13H8N2O3. The molecule has 0 aliphatic carbocycles. The van der Waals surface area contributed by atoms with E-state index in [2.05, 4.69) is 0 Å². The number of pyridine rings is 1. The molecule has 0 bridgehead atoms. The van der Waals surface area contributed by atoms with E-state index in [0.717, 1.165) is 5.39 Å². The monoisotopic (exact) mass is 240 g/mol. The van der Waals surface area contributed by atoms with Gasteiger partial charge in [-0.1, -0.05) is 36.4 Å². The van der Waals surface area contributed by atoms with E-state index in [1.54, 1.807) is 42.5 Å². The van der Waals surface area contributed by atoms with Crippen molar-refractivity contribution in [2.24, 2.45) is 0 Å². The third kappa shape index (κ3) is 1.31. The van der Waals surface area contributed by atoms with Crippen LogP contribution in [0.5, 0.6) is 0 Å². The first-order valence-electron chi connectivity index (χ1n) is 5.37. The predicted octanol–water partition coefficient (Wildman–Crippen LogP) is 2.19. The lowest BCUT2D eigenvalue weighted by molar-refractivity contribution is -0.540. The lowest BCUT2D eigenvalue weighted by Gasteiger charge is -2.05. The Morgan fingerprint density at radius 2 is 1.44 bits per heavy atom. The van der Waals surface area contributed by atoms with E-state index in [1.807, 2.05) is 6.07 Å². The molecule has 1 heterocycles. The van der Waals surface area contributed by atoms with Crippen molar-refractivity contribution in [3.8, 4) is 0 Å². The topological polar surface area (TPSA) is 65.1 Å². The van der Waals surface area contributed by atoms with Crippen molar-refractivity contribution in [2.45, 2.75) is 0 Å². The molecule has 0 N–H and O–H groups in total. The van der Waals surface area contributed by atoms with Crippen LogP contribution >= 0.6 is 0 Å². The Bertz CT molecular complexity index is 836. The quantitative estimate of drug-likeness (QED) is 0.372. The summed E-state index contributed by atoms with van der Waals surface area (Å²) in [5, 5.41) is 12.2. The number of para-hydroxylation sites is 1. The van der Waals surface area contributed by atoms with E-state index < -0.39 is 10.6 Å². The molecule has 0 saturated heterocycles. The Hall–Kier alpha value is -2.69. The summed E-state index contributed by atoms with van der Waals surface area (Å²) in [5.41, 5.74) is -0.291. The van der Waals surface area contributed by atoms with E-state index in [-0.39, 0.29) is 0 Å². The van der Waals surface area contributed by atoms with Crippen LogP contribution in [0, 0.1) is 10.1 Å². The molecule has 0 amide bonds. The maximum absolute atomic E-state index is 12.1. The fourth-order valence-electron chi connectivity index (χ4n) is 2.18. The standard InChI is InChI=1S/C13H8N2O3/c16-13-11-7-2-1-5-9(11)10-6-3-4-8-12(10)14(13)15(17)18/h1-8H. The fourth-order valence-corrected chi connectivity index (χ4v) is 2.18. The zero-order valence-corrected chi connectivity index (χ0v) is 9.24. The van der Waals surface area contributed by atoms with Crippen molar-refractivity contribution in [1.82, 2.24) is 4.68 Å². The van der Waals surface area contributed by atoms with Crippen LogP contribution < -0.4 is 5.56 Å². The van der Waals surface area contributed by atoms with Crippen molar-refractivity contribution in [1.29, 1.82) is 0 Å². The molecule has 0 radical (unpaired) electrons. The Labute approximate surface area is 101 Å². The van der Waals surface area contributed by atoms with E-state index in [1.165, 1.54) is 0 Å². The minimum absolute atomic E-state index is 0.311. The first kappa shape index (κ1) is 10.5. The molecule has 0 atom stereocenters. The molecule has 0 aliphatic heterocycles. The fraction of sp³-hybridized carbons (Fsp3) is 0. The van der Waals surface area contributed by atoms with Crippen LogP contribution in [0.1, 0.15) is 0 Å². The predicted molar refractivity (Wildman–Crippen MR) is 68.1 cm³/mol. The number of nitrogens with zero attached hydrogens (tertiary/aromatic N) is 2. The molecule has 0 fully saturated rings. The number of benzene rings is 2. The zero-order chi connectivity index (χ0) is 12.7. The minimum atomic E-state index is -0.683. The molecule has 0 aliphatic rings. The van der Waals surface area contributed by atoms with Crippen LogP contribution in [0.2, 0.25) is 0 Å². The highest BCUT2D eigenvalue weighted by Gasteiger charge is 2.16. The first-order valence-corrected chi connectivity index (χ1v) is 5.37. The van der Waals surface area contributed by atoms with Gasteiger partial charge in [0.25, 0.3) is 0 Å². The highest BCUT2D eigenvalue weighted by Crippen LogP contribution is 2.21. The maximum atomic E-state index is 12.1. The van der Waals surface area contributed by atoms with Crippen LogP contribution in [-0.2, 0) is 0 Å². The second-order valence-corrected chi connectivity index (χ2v) is 3.92. The molecule has 3 aromatic rings. The smallest absolute Gasteiger partial charge is 0.262 e. The number of hydrogen-bond donors (Lipinski definition) is 0. The van der Waals surface area contributed by atoms with Crippen molar-refractivity contribution < 1.29 is 5.03 Å². The molecule has 2 aromatic carbocycles. The molecule has 1 aromatic heterocycles. The molecular weight excluding hydrogens is 232 g/mol. The second kappa shape index (κ2) is 3.66. The Morgan fingerprint density at radius 1 is 0.889 bits per heavy atom. The number of fused-ring (bicyclic) bond motifs is 3. The summed E-state index contributed by atoms with van der Waals surface area (Å²) in [6.07, 6.45) is 0. The van der Waals surface area contributed by atoms with Crippen LogP contribution in [0.25, 0.3) is 21.7 Å². The number of hydrogen-bond acceptors (Lipinski definition) is 3. The van der Waals surface area contributed by atoms with Gasteiger partial charge in [-0.05, 0) is 22.2 Å². The summed E-state index contributed by atoms with van der Waals surface area (Å²) in [6, 6.07) is 13.7. The normalized spacial score (nSPS) is 10.9. The molecule has 5 heteroatoms. The summed E-state index contributed by atoms with van der Waals surface area (Å²) < 4.78 is 0.595. The number of rotatable bonds is 1. The average Bonchev–Trinajstić information content (AvgIpc) is 2.39. The van der Waals surface area contributed by atoms with Crippen molar-refractivity contribution in [2.75, 3.05) is 0 Å². The van der Waals surface area contributed by atoms with Crippen molar-refractivity contribution in [3.05, 3.63) is 69.0 Å². The summed E-state index contributed by atoms with van der Waals surface area (Å²) in [7, 11) is 0. The summed E-state index contributed by atoms with van der Waals surface area (Å²) >= 11 is 0. The van der Waals surface area contributed by atoms with Gasteiger partial charge in [-0.3, -0.25) is 4.79 Å². The Morgan fingerprint density at radius 3 is 2.11 bits per heavy atom. The highest BCUT2D eigenvalue weighted by molar-refractivity contribution is 6.05. The van der Waals surface area contributed by atoms with Gasteiger partial charge in [-0.2, -0.15) is 0 Å². The van der Waals surface area contributed by atoms with Gasteiger partial charge in [-0.25, -0.2) is 10.1 Å². The van der Waals surface area contributed by atoms with Crippen LogP contribution in [0.4, 0.5) is 0 Å². The highest BCUT2D eigenvalue weighted by atomic mass is 16.7. The summed E-state index contributed by atoms with van der Waals surface area (Å²) in [4.78, 5) is 23.2. The van der Waals surface area contributed by atoms with Gasteiger partial charge in [0.15, 0.2) is 5.03 Å². The van der Waals surface area contributed by atoms with Gasteiger partial charge in [0.05, 0.1) is 5.39 Å². The number of nitro groups is 1. The van der Waals surface area contributed by atoms with E-state index >= 15 is 0 Å². The average molecular weight is 240 g/mol. The molecule has 5 nitrogen and oxygen atoms in total. The van der Waals surface area contributed by atoms with E-state index in [4.69, 9.17) is 0 Å². The lowest BCUT2D eigenvalue weighted by Crippen LogP contribution is -2.26. The SMILES string of the molecule is O=c1c2ccccc2c2ccccc2n1[N+](=O)[O-]. The second-order valence-electron chi connectivity index (χ2n) is 3.92. The van der Waals surface area contributed by atoms with Gasteiger partial charge in [0.2, 0.25) is 0 Å². The van der Waals surface area contributed by atoms with Crippen molar-refractivity contribution >= 4 is 21.7 Å². The summed E-state index contributed by atoms with van der Waals surface area (Å²) in [5.74, 6) is 0. The minimum Gasteiger partial charge on any atom is -0.262 e. The third-order valence-corrected chi connectivity index (χ3v) is 2.94. The van der Waals surface area contributed by atoms with Crippen LogP contribution in [0.15, 0.2) is 53.3 Å². The van der Waals surface area contributed by atoms with Crippen molar-refractivity contribution in [3.63, 3.8) is 0 Å². The largest absolute Gasteiger partial charge is 0.320 e.